The van der Waals surface area contributed by atoms with Crippen LogP contribution in [0.5, 0.6) is 0 Å². The van der Waals surface area contributed by atoms with E-state index in [-0.39, 0.29) is 6.61 Å². The Balaban J connectivity index is 2.68. The Morgan fingerprint density at radius 2 is 1.93 bits per heavy atom. The van der Waals surface area contributed by atoms with Gasteiger partial charge < -0.3 is 14.7 Å². The molecule has 5 heteroatoms. The number of hydrogen-bond donors (Lipinski definition) is 1. The minimum absolute atomic E-state index is 0.228. The molecule has 0 saturated carbocycles. The van der Waals surface area contributed by atoms with Gasteiger partial charge in [0.25, 0.3) is 0 Å². The first-order chi connectivity index (χ1) is 7.00. The van der Waals surface area contributed by atoms with E-state index in [4.69, 9.17) is 4.74 Å². The largest absolute Gasteiger partial charge is 0.480 e. The Morgan fingerprint density at radius 1 is 1.40 bits per heavy atom. The van der Waals surface area contributed by atoms with Crippen molar-refractivity contribution in [3.8, 4) is 0 Å². The highest BCUT2D eigenvalue weighted by Crippen LogP contribution is 2.18. The zero-order valence-electron chi connectivity index (χ0n) is 9.69. The van der Waals surface area contributed by atoms with Gasteiger partial charge in [-0.15, -0.1) is 0 Å². The second-order valence-electron chi connectivity index (χ2n) is 4.30. The smallest absolute Gasteiger partial charge is 0.326 e. The number of piperazine rings is 1. The Morgan fingerprint density at radius 3 is 2.33 bits per heavy atom. The van der Waals surface area contributed by atoms with Gasteiger partial charge in [0.05, 0.1) is 6.61 Å². The fraction of sp³-hybridized carbons (Fsp3) is 0.900. The lowest BCUT2D eigenvalue weighted by molar-refractivity contribution is -0.155. The van der Waals surface area contributed by atoms with Crippen molar-refractivity contribution in [2.24, 2.45) is 0 Å². The van der Waals surface area contributed by atoms with Gasteiger partial charge in [-0.2, -0.15) is 0 Å². The molecule has 1 heterocycles. The summed E-state index contributed by atoms with van der Waals surface area (Å²) in [6, 6.07) is 0. The molecule has 0 aromatic rings. The number of hydrogen-bond acceptors (Lipinski definition) is 4. The van der Waals surface area contributed by atoms with E-state index in [2.05, 4.69) is 4.90 Å². The van der Waals surface area contributed by atoms with E-state index in [1.54, 1.807) is 6.92 Å². The maximum atomic E-state index is 11.3. The number of likely N-dealkylation sites (N-methyl/N-ethyl adjacent to an activating group) is 1. The molecule has 1 unspecified atom stereocenters. The summed E-state index contributed by atoms with van der Waals surface area (Å²) in [4.78, 5) is 15.4. The molecular weight excluding hydrogens is 196 g/mol. The highest BCUT2D eigenvalue weighted by atomic mass is 16.5. The Hall–Kier alpha value is -0.650. The molecule has 1 aliphatic rings. The van der Waals surface area contributed by atoms with Crippen LogP contribution in [0.1, 0.15) is 6.92 Å². The number of methoxy groups -OCH3 is 1. The lowest BCUT2D eigenvalue weighted by Gasteiger charge is -2.42. The fourth-order valence-corrected chi connectivity index (χ4v) is 1.87. The molecule has 0 bridgehead atoms. The highest BCUT2D eigenvalue weighted by molar-refractivity contribution is 5.78. The van der Waals surface area contributed by atoms with Crippen LogP contribution >= 0.6 is 0 Å². The minimum atomic E-state index is -0.893. The second-order valence-corrected chi connectivity index (χ2v) is 4.30. The van der Waals surface area contributed by atoms with E-state index >= 15 is 0 Å². The van der Waals surface area contributed by atoms with E-state index in [1.165, 1.54) is 7.11 Å². The molecule has 0 radical (unpaired) electrons. The van der Waals surface area contributed by atoms with Crippen LogP contribution in [0.3, 0.4) is 0 Å². The zero-order chi connectivity index (χ0) is 11.5. The van der Waals surface area contributed by atoms with Crippen LogP contribution in [0.4, 0.5) is 0 Å². The molecule has 0 amide bonds. The average molecular weight is 216 g/mol. The van der Waals surface area contributed by atoms with Gasteiger partial charge in [-0.05, 0) is 14.0 Å². The van der Waals surface area contributed by atoms with Gasteiger partial charge in [0, 0.05) is 33.3 Å². The molecule has 15 heavy (non-hydrogen) atoms. The zero-order valence-corrected chi connectivity index (χ0v) is 9.69. The number of ether oxygens (including phenoxy) is 1. The van der Waals surface area contributed by atoms with Gasteiger partial charge >= 0.3 is 5.97 Å². The molecule has 1 saturated heterocycles. The van der Waals surface area contributed by atoms with Crippen LogP contribution in [0, 0.1) is 0 Å². The third-order valence-corrected chi connectivity index (χ3v) is 3.09. The van der Waals surface area contributed by atoms with Crippen LogP contribution in [-0.2, 0) is 9.53 Å². The molecule has 0 spiro atoms. The molecular formula is C10H20N2O3. The van der Waals surface area contributed by atoms with Gasteiger partial charge in [-0.1, -0.05) is 0 Å². The number of rotatable bonds is 4. The first-order valence-electron chi connectivity index (χ1n) is 5.16. The molecule has 0 aromatic carbocycles. The number of carboxylic acids is 1. The predicted octanol–water partition coefficient (Wildman–Crippen LogP) is -0.276. The maximum Gasteiger partial charge on any atom is 0.326 e. The fourth-order valence-electron chi connectivity index (χ4n) is 1.87. The van der Waals surface area contributed by atoms with Crippen LogP contribution in [0.2, 0.25) is 0 Å². The van der Waals surface area contributed by atoms with Gasteiger partial charge in [0.2, 0.25) is 0 Å². The summed E-state index contributed by atoms with van der Waals surface area (Å²) in [6.07, 6.45) is 0. The van der Waals surface area contributed by atoms with Crippen molar-refractivity contribution in [2.45, 2.75) is 12.5 Å². The summed E-state index contributed by atoms with van der Waals surface area (Å²) in [5.74, 6) is -0.811. The number of carboxylic acid groups (broad SMARTS) is 1. The van der Waals surface area contributed by atoms with E-state index in [1.807, 2.05) is 11.9 Å². The third kappa shape index (κ3) is 2.68. The Labute approximate surface area is 90.6 Å². The molecule has 1 N–H and O–H groups in total. The first kappa shape index (κ1) is 12.4. The van der Waals surface area contributed by atoms with Crippen LogP contribution in [0.15, 0.2) is 0 Å². The quantitative estimate of drug-likeness (QED) is 0.700. The average Bonchev–Trinajstić information content (AvgIpc) is 2.18. The summed E-state index contributed by atoms with van der Waals surface area (Å²) in [7, 11) is 3.59. The Kier molecular flexibility index (Phi) is 4.07. The van der Waals surface area contributed by atoms with Crippen molar-refractivity contribution in [1.82, 2.24) is 9.80 Å². The van der Waals surface area contributed by atoms with E-state index < -0.39 is 11.5 Å². The van der Waals surface area contributed by atoms with Gasteiger partial charge in [-0.25, -0.2) is 0 Å². The van der Waals surface area contributed by atoms with Crippen LogP contribution in [0.25, 0.3) is 0 Å². The van der Waals surface area contributed by atoms with Crippen LogP contribution < -0.4 is 0 Å². The number of nitrogens with zero attached hydrogens (tertiary/aromatic N) is 2. The predicted molar refractivity (Wildman–Crippen MR) is 57.0 cm³/mol. The van der Waals surface area contributed by atoms with Crippen molar-refractivity contribution in [1.29, 1.82) is 0 Å². The monoisotopic (exact) mass is 216 g/mol. The lowest BCUT2D eigenvalue weighted by atomic mass is 10.0. The van der Waals surface area contributed by atoms with Crippen molar-refractivity contribution in [2.75, 3.05) is 46.9 Å². The number of carbonyl (C=O) groups is 1. The second kappa shape index (κ2) is 4.92. The normalized spacial score (nSPS) is 23.7. The standard InChI is InChI=1S/C10H20N2O3/c1-10(8-15-3,9(13)14)12-6-4-11(2)5-7-12/h4-8H2,1-3H3,(H,13,14). The molecule has 5 nitrogen and oxygen atoms in total. The van der Waals surface area contributed by atoms with Gasteiger partial charge in [-0.3, -0.25) is 9.69 Å². The molecule has 0 aliphatic carbocycles. The summed E-state index contributed by atoms with van der Waals surface area (Å²) in [5, 5.41) is 9.25. The molecule has 1 rings (SSSR count). The summed E-state index contributed by atoms with van der Waals surface area (Å²) < 4.78 is 5.01. The molecule has 1 aliphatic heterocycles. The van der Waals surface area contributed by atoms with E-state index in [9.17, 15) is 9.90 Å². The molecule has 88 valence electrons. The molecule has 1 fully saturated rings. The molecule has 1 atom stereocenters. The SMILES string of the molecule is COCC(C)(C(=O)O)N1CCN(C)CC1. The summed E-state index contributed by atoms with van der Waals surface area (Å²) in [6.45, 7) is 5.33. The van der Waals surface area contributed by atoms with Crippen molar-refractivity contribution < 1.29 is 14.6 Å². The van der Waals surface area contributed by atoms with Crippen LogP contribution in [-0.4, -0.2) is 73.4 Å². The number of aliphatic carboxylic acids is 1. The van der Waals surface area contributed by atoms with Crippen molar-refractivity contribution >= 4 is 5.97 Å². The third-order valence-electron chi connectivity index (χ3n) is 3.09. The lowest BCUT2D eigenvalue weighted by Crippen LogP contribution is -2.60. The highest BCUT2D eigenvalue weighted by Gasteiger charge is 2.40. The summed E-state index contributed by atoms with van der Waals surface area (Å²) >= 11 is 0. The molecule has 0 aromatic heterocycles. The Bertz CT molecular complexity index is 227. The summed E-state index contributed by atoms with van der Waals surface area (Å²) in [5.41, 5.74) is -0.893. The van der Waals surface area contributed by atoms with Crippen molar-refractivity contribution in [3.05, 3.63) is 0 Å². The maximum absolute atomic E-state index is 11.3. The van der Waals surface area contributed by atoms with E-state index in [0.717, 1.165) is 26.2 Å². The topological polar surface area (TPSA) is 53.0 Å². The van der Waals surface area contributed by atoms with Gasteiger partial charge in [0.15, 0.2) is 0 Å². The minimum Gasteiger partial charge on any atom is -0.480 e. The van der Waals surface area contributed by atoms with E-state index in [0.29, 0.717) is 0 Å². The van der Waals surface area contributed by atoms with Gasteiger partial charge in [0.1, 0.15) is 5.54 Å². The van der Waals surface area contributed by atoms with Crippen molar-refractivity contribution in [3.63, 3.8) is 0 Å². The first-order valence-corrected chi connectivity index (χ1v) is 5.16.